The summed E-state index contributed by atoms with van der Waals surface area (Å²) in [5.41, 5.74) is 1.89. The molecular weight excluding hydrogens is 286 g/mol. The number of methoxy groups -OCH3 is 1. The zero-order valence-corrected chi connectivity index (χ0v) is 12.2. The summed E-state index contributed by atoms with van der Waals surface area (Å²) in [6.07, 6.45) is 0.240. The Kier molecular flexibility index (Phi) is 5.32. The van der Waals surface area contributed by atoms with E-state index in [2.05, 4.69) is 5.32 Å². The number of benzene rings is 1. The lowest BCUT2D eigenvalue weighted by molar-refractivity contribution is -0.120. The molecule has 0 aliphatic rings. The average molecular weight is 303 g/mol. The smallest absolute Gasteiger partial charge is 0.371 e. The van der Waals surface area contributed by atoms with Crippen LogP contribution in [0, 0.1) is 0 Å². The maximum absolute atomic E-state index is 11.9. The van der Waals surface area contributed by atoms with Crippen LogP contribution in [-0.2, 0) is 29.1 Å². The molecule has 0 spiro atoms. The third-order valence-electron chi connectivity index (χ3n) is 3.00. The summed E-state index contributed by atoms with van der Waals surface area (Å²) < 4.78 is 10.1. The van der Waals surface area contributed by atoms with Gasteiger partial charge in [-0.2, -0.15) is 0 Å². The number of aromatic carboxylic acids is 1. The third kappa shape index (κ3) is 4.46. The van der Waals surface area contributed by atoms with Crippen molar-refractivity contribution in [1.82, 2.24) is 5.32 Å². The number of carbonyl (C=O) groups excluding carboxylic acids is 1. The van der Waals surface area contributed by atoms with E-state index in [1.807, 2.05) is 24.3 Å². The van der Waals surface area contributed by atoms with Crippen LogP contribution in [0.2, 0.25) is 0 Å². The summed E-state index contributed by atoms with van der Waals surface area (Å²) in [7, 11) is 1.62. The van der Waals surface area contributed by atoms with Crippen molar-refractivity contribution >= 4 is 11.9 Å². The number of nitrogens with one attached hydrogen (secondary N) is 1. The van der Waals surface area contributed by atoms with Crippen molar-refractivity contribution in [2.45, 2.75) is 19.6 Å². The number of amides is 1. The molecule has 0 unspecified atom stereocenters. The van der Waals surface area contributed by atoms with E-state index in [0.717, 1.165) is 11.1 Å². The van der Waals surface area contributed by atoms with Crippen LogP contribution in [0.4, 0.5) is 0 Å². The van der Waals surface area contributed by atoms with E-state index in [4.69, 9.17) is 14.3 Å². The standard InChI is InChI=1S/C16H17NO5/c1-21-10-12-4-2-3-11(7-12)8-15(18)17-9-13-5-6-14(22-13)16(19)20/h2-7H,8-10H2,1H3,(H,17,18)(H,19,20). The van der Waals surface area contributed by atoms with E-state index in [-0.39, 0.29) is 24.6 Å². The number of rotatable bonds is 7. The van der Waals surface area contributed by atoms with Crippen LogP contribution in [-0.4, -0.2) is 24.1 Å². The van der Waals surface area contributed by atoms with Gasteiger partial charge in [0, 0.05) is 7.11 Å². The lowest BCUT2D eigenvalue weighted by Gasteiger charge is -2.06. The number of carbonyl (C=O) groups is 2. The molecule has 116 valence electrons. The largest absolute Gasteiger partial charge is 0.475 e. The van der Waals surface area contributed by atoms with E-state index in [0.29, 0.717) is 12.4 Å². The van der Waals surface area contributed by atoms with Crippen molar-refractivity contribution in [3.05, 3.63) is 59.0 Å². The fourth-order valence-electron chi connectivity index (χ4n) is 2.02. The van der Waals surface area contributed by atoms with Crippen LogP contribution in [0.25, 0.3) is 0 Å². The van der Waals surface area contributed by atoms with Gasteiger partial charge in [-0.1, -0.05) is 24.3 Å². The molecule has 1 aromatic heterocycles. The quantitative estimate of drug-likeness (QED) is 0.816. The third-order valence-corrected chi connectivity index (χ3v) is 3.00. The van der Waals surface area contributed by atoms with Gasteiger partial charge in [-0.05, 0) is 23.3 Å². The first-order chi connectivity index (χ1) is 10.6. The van der Waals surface area contributed by atoms with Gasteiger partial charge in [0.25, 0.3) is 0 Å². The van der Waals surface area contributed by atoms with Crippen LogP contribution in [0.1, 0.15) is 27.4 Å². The maximum atomic E-state index is 11.9. The normalized spacial score (nSPS) is 10.4. The maximum Gasteiger partial charge on any atom is 0.371 e. The van der Waals surface area contributed by atoms with Gasteiger partial charge in [0.2, 0.25) is 11.7 Å². The molecule has 0 fully saturated rings. The fourth-order valence-corrected chi connectivity index (χ4v) is 2.02. The van der Waals surface area contributed by atoms with E-state index in [1.54, 1.807) is 7.11 Å². The summed E-state index contributed by atoms with van der Waals surface area (Å²) in [6, 6.07) is 10.5. The van der Waals surface area contributed by atoms with Crippen molar-refractivity contribution in [2.75, 3.05) is 7.11 Å². The summed E-state index contributed by atoms with van der Waals surface area (Å²) in [6.45, 7) is 0.656. The van der Waals surface area contributed by atoms with Crippen LogP contribution < -0.4 is 5.32 Å². The van der Waals surface area contributed by atoms with E-state index >= 15 is 0 Å². The molecule has 0 saturated heterocycles. The minimum atomic E-state index is -1.13. The number of furan rings is 1. The van der Waals surface area contributed by atoms with Gasteiger partial charge >= 0.3 is 5.97 Å². The molecule has 6 nitrogen and oxygen atoms in total. The van der Waals surface area contributed by atoms with Gasteiger partial charge in [-0.25, -0.2) is 4.79 Å². The number of hydrogen-bond acceptors (Lipinski definition) is 4. The second-order valence-electron chi connectivity index (χ2n) is 4.78. The molecule has 1 amide bonds. The number of ether oxygens (including phenoxy) is 1. The summed E-state index contributed by atoms with van der Waals surface area (Å²) in [4.78, 5) is 22.6. The molecule has 0 bridgehead atoms. The predicted octanol–water partition coefficient (Wildman–Crippen LogP) is 1.98. The SMILES string of the molecule is COCc1cccc(CC(=O)NCc2ccc(C(=O)O)o2)c1. The molecule has 0 aliphatic carbocycles. The van der Waals surface area contributed by atoms with Crippen LogP contribution in [0.5, 0.6) is 0 Å². The van der Waals surface area contributed by atoms with E-state index in [9.17, 15) is 9.59 Å². The van der Waals surface area contributed by atoms with Crippen molar-refractivity contribution in [2.24, 2.45) is 0 Å². The zero-order chi connectivity index (χ0) is 15.9. The zero-order valence-electron chi connectivity index (χ0n) is 12.2. The summed E-state index contributed by atoms with van der Waals surface area (Å²) >= 11 is 0. The molecule has 2 rings (SSSR count). The summed E-state index contributed by atoms with van der Waals surface area (Å²) in [5, 5.41) is 11.4. The molecule has 2 aromatic rings. The van der Waals surface area contributed by atoms with Crippen molar-refractivity contribution in [1.29, 1.82) is 0 Å². The average Bonchev–Trinajstić information content (AvgIpc) is 2.95. The Bertz CT molecular complexity index is 662. The molecule has 1 aromatic carbocycles. The molecule has 0 atom stereocenters. The lowest BCUT2D eigenvalue weighted by atomic mass is 10.1. The predicted molar refractivity (Wildman–Crippen MR) is 78.4 cm³/mol. The van der Waals surface area contributed by atoms with Gasteiger partial charge < -0.3 is 19.6 Å². The second kappa shape index (κ2) is 7.42. The Balaban J connectivity index is 1.87. The first kappa shape index (κ1) is 15.8. The van der Waals surface area contributed by atoms with Gasteiger partial charge in [-0.15, -0.1) is 0 Å². The molecule has 0 saturated carbocycles. The second-order valence-corrected chi connectivity index (χ2v) is 4.78. The number of carboxylic acid groups (broad SMARTS) is 1. The molecular formula is C16H17NO5. The molecule has 0 radical (unpaired) electrons. The molecule has 1 heterocycles. The minimum Gasteiger partial charge on any atom is -0.475 e. The highest BCUT2D eigenvalue weighted by Gasteiger charge is 2.10. The molecule has 2 N–H and O–H groups in total. The first-order valence-electron chi connectivity index (χ1n) is 6.74. The Hall–Kier alpha value is -2.60. The molecule has 22 heavy (non-hydrogen) atoms. The highest BCUT2D eigenvalue weighted by Crippen LogP contribution is 2.09. The van der Waals surface area contributed by atoms with Crippen molar-refractivity contribution in [3.63, 3.8) is 0 Å². The monoisotopic (exact) mass is 303 g/mol. The van der Waals surface area contributed by atoms with Gasteiger partial charge in [0.15, 0.2) is 0 Å². The van der Waals surface area contributed by atoms with Crippen molar-refractivity contribution in [3.8, 4) is 0 Å². The van der Waals surface area contributed by atoms with Crippen LogP contribution in [0.15, 0.2) is 40.8 Å². The fraction of sp³-hybridized carbons (Fsp3) is 0.250. The highest BCUT2D eigenvalue weighted by atomic mass is 16.5. The van der Waals surface area contributed by atoms with E-state index in [1.165, 1.54) is 12.1 Å². The van der Waals surface area contributed by atoms with Gasteiger partial charge in [0.05, 0.1) is 19.6 Å². The molecule has 6 heteroatoms. The Morgan fingerprint density at radius 1 is 1.23 bits per heavy atom. The van der Waals surface area contributed by atoms with Gasteiger partial charge in [-0.3, -0.25) is 4.79 Å². The topological polar surface area (TPSA) is 88.8 Å². The van der Waals surface area contributed by atoms with Crippen LogP contribution >= 0.6 is 0 Å². The Morgan fingerprint density at radius 3 is 2.68 bits per heavy atom. The van der Waals surface area contributed by atoms with E-state index < -0.39 is 5.97 Å². The number of carboxylic acids is 1. The van der Waals surface area contributed by atoms with Gasteiger partial charge in [0.1, 0.15) is 5.76 Å². The first-order valence-corrected chi connectivity index (χ1v) is 6.74. The van der Waals surface area contributed by atoms with Crippen LogP contribution in [0.3, 0.4) is 0 Å². The number of hydrogen-bond donors (Lipinski definition) is 2. The summed E-state index contributed by atoms with van der Waals surface area (Å²) in [5.74, 6) is -1.04. The van der Waals surface area contributed by atoms with Crippen molar-refractivity contribution < 1.29 is 23.8 Å². The lowest BCUT2D eigenvalue weighted by Crippen LogP contribution is -2.24. The Morgan fingerprint density at radius 2 is 2.00 bits per heavy atom. The minimum absolute atomic E-state index is 0.142. The highest BCUT2D eigenvalue weighted by molar-refractivity contribution is 5.84. The Labute approximate surface area is 127 Å². The molecule has 0 aliphatic heterocycles.